The summed E-state index contributed by atoms with van der Waals surface area (Å²) in [5.74, 6) is 0. The van der Waals surface area contributed by atoms with Crippen LogP contribution in [0.5, 0.6) is 0 Å². The first-order chi connectivity index (χ1) is 1.41. The molecule has 0 heterocycles. The first-order valence-electron chi connectivity index (χ1n) is 0.309. The second-order valence-corrected chi connectivity index (χ2v) is 0.260. The van der Waals surface area contributed by atoms with E-state index in [9.17, 15) is 0 Å². The molecule has 0 aliphatic heterocycles. The van der Waals surface area contributed by atoms with Gasteiger partial charge < -0.3 is 1.43 Å². The number of hydrogen-bond acceptors (Lipinski definition) is 2. The van der Waals surface area contributed by atoms with Gasteiger partial charge in [0.05, 0.1) is 0 Å². The van der Waals surface area contributed by atoms with Gasteiger partial charge in [-0.25, -0.2) is 0 Å². The maximum atomic E-state index is 8.41. The van der Waals surface area contributed by atoms with Crippen molar-refractivity contribution in [3.63, 3.8) is 0 Å². The van der Waals surface area contributed by atoms with Crippen molar-refractivity contribution >= 4 is 0 Å². The zero-order valence-corrected chi connectivity index (χ0v) is 4.60. The second-order valence-electron chi connectivity index (χ2n) is 0.0630. The summed E-state index contributed by atoms with van der Waals surface area (Å²) in [5, 5.41) is 0. The predicted molar refractivity (Wildman–Crippen MR) is 9.99 cm³/mol. The van der Waals surface area contributed by atoms with E-state index in [-0.39, 0.29) is 34.4 Å². The molecule has 0 atom stereocenters. The van der Waals surface area contributed by atoms with Gasteiger partial charge in [-0.3, -0.25) is 14.1 Å². The molecule has 0 amide bonds. The fourth-order valence-electron chi connectivity index (χ4n) is 0. The molecule has 0 aliphatic carbocycles. The summed E-state index contributed by atoms with van der Waals surface area (Å²) < 4.78 is 16.8. The van der Waals surface area contributed by atoms with Gasteiger partial charge in [0, 0.05) is 0 Å². The van der Waals surface area contributed by atoms with E-state index in [2.05, 4.69) is 0 Å². The van der Waals surface area contributed by atoms with Crippen molar-refractivity contribution < 1.29 is 56.9 Å². The van der Waals surface area contributed by atoms with Gasteiger partial charge in [-0.1, -0.05) is 0 Å². The molecule has 0 N–H and O–H groups in total. The molecule has 0 fully saturated rings. The summed E-state index contributed by atoms with van der Waals surface area (Å²) >= 11 is -1.44. The molecule has 7 heteroatoms. The normalized spacial score (nSPS) is 1.71. The Morgan fingerprint density at radius 1 is 1.00 bits per heavy atom. The van der Waals surface area contributed by atoms with E-state index in [0.29, 0.717) is 0 Å². The van der Waals surface area contributed by atoms with Gasteiger partial charge in [-0.2, -0.15) is 0 Å². The summed E-state index contributed by atoms with van der Waals surface area (Å²) in [6, 6.07) is 0. The molecule has 0 aromatic rings. The quantitative estimate of drug-likeness (QED) is 0.357. The zero-order chi connectivity index (χ0) is 2.71. The Morgan fingerprint density at radius 3 is 1.00 bits per heavy atom. The van der Waals surface area contributed by atoms with Gasteiger partial charge in [0.1, 0.15) is 0 Å². The summed E-state index contributed by atoms with van der Waals surface area (Å²) in [4.78, 5) is 0. The summed E-state index contributed by atoms with van der Waals surface area (Å²) in [5.41, 5.74) is 0. The Morgan fingerprint density at radius 2 is 1.00 bits per heavy atom. The minimum atomic E-state index is -1.44. The van der Waals surface area contributed by atoms with E-state index in [1.807, 2.05) is 0 Å². The van der Waals surface area contributed by atoms with Crippen LogP contribution < -0.4 is 18.9 Å². The Hall–Kier alpha value is 0.507. The monoisotopic (exact) mass is 155 g/mol. The summed E-state index contributed by atoms with van der Waals surface area (Å²) in [7, 11) is 0. The zero-order valence-electron chi connectivity index (χ0n) is 4.42. The topological polar surface area (TPSA) is 34.1 Å². The Kier molecular flexibility index (Phi) is 628. The fraction of sp³-hybridized carbons (Fsp3) is 0. The molecule has 45 valence electrons. The Bertz CT molecular complexity index is 38.3. The van der Waals surface area contributed by atoms with Crippen molar-refractivity contribution in [2.24, 2.45) is 0 Å². The van der Waals surface area contributed by atoms with Crippen molar-refractivity contribution in [2.75, 3.05) is 0 Å². The van der Waals surface area contributed by atoms with Crippen molar-refractivity contribution in [1.82, 2.24) is 0 Å². The SMILES string of the molecule is F.F.F.[H-].[Li+].[O]=[Mn]=[O]. The molecule has 0 unspecified atom stereocenters. The molecule has 0 bridgehead atoms. The van der Waals surface area contributed by atoms with Gasteiger partial charge in [0.25, 0.3) is 0 Å². The van der Waals surface area contributed by atoms with Crippen LogP contribution in [0.1, 0.15) is 1.43 Å². The average Bonchev–Trinajstić information content (AvgIpc) is 0.918. The molecule has 7 heavy (non-hydrogen) atoms. The Labute approximate surface area is 57.4 Å². The number of halogens is 3. The van der Waals surface area contributed by atoms with E-state index >= 15 is 0 Å². The van der Waals surface area contributed by atoms with E-state index in [0.717, 1.165) is 0 Å². The van der Waals surface area contributed by atoms with Crippen LogP contribution in [-0.4, -0.2) is 0 Å². The van der Waals surface area contributed by atoms with Gasteiger partial charge in [-0.05, 0) is 0 Å². The van der Waals surface area contributed by atoms with Crippen LogP contribution >= 0.6 is 0 Å². The molecular weight excluding hydrogens is 151 g/mol. The molecular formula is H4F3LiMnO2. The van der Waals surface area contributed by atoms with Gasteiger partial charge >= 0.3 is 41.4 Å². The molecule has 0 radical (unpaired) electrons. The van der Waals surface area contributed by atoms with Gasteiger partial charge in [-0.15, -0.1) is 0 Å². The second kappa shape index (κ2) is 86.9. The third-order valence-electron chi connectivity index (χ3n) is 0. The molecule has 2 nitrogen and oxygen atoms in total. The van der Waals surface area contributed by atoms with E-state index in [4.69, 9.17) is 7.67 Å². The van der Waals surface area contributed by atoms with E-state index < -0.39 is 14.8 Å². The van der Waals surface area contributed by atoms with Gasteiger partial charge in [0.2, 0.25) is 0 Å². The predicted octanol–water partition coefficient (Wildman–Crippen LogP) is -2.67. The summed E-state index contributed by atoms with van der Waals surface area (Å²) in [6.45, 7) is 0. The third kappa shape index (κ3) is 514. The van der Waals surface area contributed by atoms with Gasteiger partial charge in [0.15, 0.2) is 0 Å². The first kappa shape index (κ1) is 50.6. The third-order valence-corrected chi connectivity index (χ3v) is 0. The molecule has 0 rings (SSSR count). The minimum absolute atomic E-state index is 0. The van der Waals surface area contributed by atoms with E-state index in [1.54, 1.807) is 0 Å². The van der Waals surface area contributed by atoms with Crippen LogP contribution in [0, 0.1) is 0 Å². The summed E-state index contributed by atoms with van der Waals surface area (Å²) in [6.07, 6.45) is 0. The van der Waals surface area contributed by atoms with Crippen molar-refractivity contribution in [3.05, 3.63) is 0 Å². The molecule has 0 spiro atoms. The molecule has 0 aromatic heterocycles. The average molecular weight is 155 g/mol. The molecule has 0 aromatic carbocycles. The number of rotatable bonds is 0. The van der Waals surface area contributed by atoms with Crippen LogP contribution in [0.2, 0.25) is 0 Å². The standard InChI is InChI=1S/3FH.Li.Mn.2O.H/h3*1H;;;;;/q;;;+1;;;;-1. The molecule has 0 aliphatic rings. The van der Waals surface area contributed by atoms with Crippen molar-refractivity contribution in [3.8, 4) is 0 Å². The molecule has 0 saturated heterocycles. The first-order valence-corrected chi connectivity index (χ1v) is 1.27. The Balaban J connectivity index is -0.00000000200. The van der Waals surface area contributed by atoms with Crippen LogP contribution in [0.3, 0.4) is 0 Å². The number of hydrogen-bond donors (Lipinski definition) is 0. The van der Waals surface area contributed by atoms with Crippen LogP contribution in [0.15, 0.2) is 0 Å². The van der Waals surface area contributed by atoms with Crippen molar-refractivity contribution in [1.29, 1.82) is 0 Å². The van der Waals surface area contributed by atoms with Crippen LogP contribution in [0.25, 0.3) is 0 Å². The molecule has 0 saturated carbocycles. The van der Waals surface area contributed by atoms with Crippen LogP contribution in [-0.2, 0) is 22.5 Å². The maximum absolute atomic E-state index is 8.41. The van der Waals surface area contributed by atoms with E-state index in [1.165, 1.54) is 0 Å². The van der Waals surface area contributed by atoms with Crippen LogP contribution in [0.4, 0.5) is 14.1 Å². The van der Waals surface area contributed by atoms with Crippen molar-refractivity contribution in [2.45, 2.75) is 0 Å². The fourth-order valence-corrected chi connectivity index (χ4v) is 0.